The maximum Gasteiger partial charge on any atom is 0.337 e. The van der Waals surface area contributed by atoms with Crippen LogP contribution in [0.4, 0.5) is 4.39 Å². The summed E-state index contributed by atoms with van der Waals surface area (Å²) in [5.41, 5.74) is 1.77. The first-order valence-electron chi connectivity index (χ1n) is 11.5. The minimum absolute atomic E-state index is 0. The Morgan fingerprint density at radius 2 is 1.19 bits per heavy atom. The van der Waals surface area contributed by atoms with Crippen LogP contribution in [0.3, 0.4) is 0 Å². The second-order valence-electron chi connectivity index (χ2n) is 7.75. The van der Waals surface area contributed by atoms with Crippen LogP contribution >= 0.6 is 31.9 Å². The van der Waals surface area contributed by atoms with Crippen LogP contribution in [0.25, 0.3) is 0 Å². The number of phenols is 1. The number of rotatable bonds is 6. The normalized spacial score (nSPS) is 9.14. The second kappa shape index (κ2) is 19.7. The largest absolute Gasteiger partial charge is 0.508 e. The number of hydrogen-bond acceptors (Lipinski definition) is 8. The average molecular weight is 722 g/mol. The van der Waals surface area contributed by atoms with Crippen molar-refractivity contribution in [3.8, 4) is 17.2 Å². The number of carbonyl (C=O) groups excluding carboxylic acids is 4. The Balaban J connectivity index is 0.000000655. The van der Waals surface area contributed by atoms with Crippen LogP contribution in [0.2, 0.25) is 0 Å². The van der Waals surface area contributed by atoms with E-state index in [1.165, 1.54) is 44.6 Å². The molecule has 0 saturated carbocycles. The highest BCUT2D eigenvalue weighted by molar-refractivity contribution is 9.10. The number of aromatic hydroxyl groups is 1. The zero-order valence-electron chi connectivity index (χ0n) is 21.7. The quantitative estimate of drug-likeness (QED) is 0.155. The van der Waals surface area contributed by atoms with Gasteiger partial charge in [-0.1, -0.05) is 27.0 Å². The van der Waals surface area contributed by atoms with E-state index in [2.05, 4.69) is 41.3 Å². The maximum atomic E-state index is 12.3. The molecule has 0 unspecified atom stereocenters. The molecule has 0 aromatic heterocycles. The van der Waals surface area contributed by atoms with Gasteiger partial charge in [0.2, 0.25) is 0 Å². The van der Waals surface area contributed by atoms with Crippen LogP contribution in [0.5, 0.6) is 17.2 Å². The molecule has 0 saturated heterocycles. The SMILES string of the molecule is C.C.COC(=O)c1cccc(O)c1.COC(=O)c1cccc(Oc2ccc(C=O)c(Br)c2)c1.O=Cc1ccc(F)cc1Br. The van der Waals surface area contributed by atoms with Crippen LogP contribution < -0.4 is 4.74 Å². The molecule has 0 aliphatic heterocycles. The van der Waals surface area contributed by atoms with Crippen LogP contribution in [0, 0.1) is 5.82 Å². The standard InChI is InChI=1S/C15H11BrO4.C8H8O3.C7H4BrFO.2CH4/c1-19-15(18)10-3-2-4-12(7-10)20-13-6-5-11(9-17)14(16)8-13;1-11-8(10)6-3-2-4-7(9)5-6;8-7-3-6(9)2-1-5(7)4-10;;/h2-9H,1H3;2-5,9H,1H3;1-4H;2*1H4. The summed E-state index contributed by atoms with van der Waals surface area (Å²) in [6.45, 7) is 0. The first kappa shape index (κ1) is 38.6. The molecule has 0 bridgehead atoms. The Morgan fingerprint density at radius 3 is 1.67 bits per heavy atom. The predicted molar refractivity (Wildman–Crippen MR) is 170 cm³/mol. The molecule has 8 nitrogen and oxygen atoms in total. The molecule has 4 aromatic rings. The van der Waals surface area contributed by atoms with E-state index >= 15 is 0 Å². The molecule has 0 heterocycles. The van der Waals surface area contributed by atoms with Gasteiger partial charge in [0.1, 0.15) is 23.1 Å². The van der Waals surface area contributed by atoms with Crippen molar-refractivity contribution in [2.45, 2.75) is 14.9 Å². The van der Waals surface area contributed by atoms with Gasteiger partial charge in [-0.2, -0.15) is 0 Å². The Kier molecular flexibility index (Phi) is 17.7. The summed E-state index contributed by atoms with van der Waals surface area (Å²) in [7, 11) is 2.62. The maximum absolute atomic E-state index is 12.3. The molecule has 0 fully saturated rings. The van der Waals surface area contributed by atoms with Gasteiger partial charge in [-0.05, 0) is 105 Å². The summed E-state index contributed by atoms with van der Waals surface area (Å²) in [6, 6.07) is 21.6. The van der Waals surface area contributed by atoms with Gasteiger partial charge in [0.25, 0.3) is 0 Å². The topological polar surface area (TPSA) is 116 Å². The predicted octanol–water partition coefficient (Wildman–Crippen LogP) is 8.69. The van der Waals surface area contributed by atoms with Crippen molar-refractivity contribution >= 4 is 56.4 Å². The zero-order valence-corrected chi connectivity index (χ0v) is 24.8. The van der Waals surface area contributed by atoms with E-state index in [0.29, 0.717) is 49.0 Å². The molecule has 0 radical (unpaired) electrons. The van der Waals surface area contributed by atoms with Crippen molar-refractivity contribution in [3.05, 3.63) is 122 Å². The summed E-state index contributed by atoms with van der Waals surface area (Å²) in [4.78, 5) is 43.2. The van der Waals surface area contributed by atoms with Gasteiger partial charge in [-0.3, -0.25) is 9.59 Å². The number of methoxy groups -OCH3 is 2. The number of esters is 2. The third-order valence-corrected chi connectivity index (χ3v) is 6.32. The van der Waals surface area contributed by atoms with Crippen LogP contribution in [0.1, 0.15) is 56.3 Å². The molecular formula is C32H31Br2FO8. The lowest BCUT2D eigenvalue weighted by Gasteiger charge is -2.08. The number of aldehydes is 2. The van der Waals surface area contributed by atoms with E-state index in [0.717, 1.165) is 6.29 Å². The zero-order chi connectivity index (χ0) is 30.4. The molecule has 0 aliphatic carbocycles. The molecule has 1 N–H and O–H groups in total. The Bertz CT molecular complexity index is 1530. The van der Waals surface area contributed by atoms with E-state index in [1.807, 2.05) is 0 Å². The molecule has 0 aliphatic rings. The second-order valence-corrected chi connectivity index (χ2v) is 9.46. The summed E-state index contributed by atoms with van der Waals surface area (Å²) in [6.07, 6.45) is 1.43. The van der Waals surface area contributed by atoms with Crippen molar-refractivity contribution in [1.82, 2.24) is 0 Å². The number of phenolic OH excluding ortho intramolecular Hbond substituents is 1. The molecule has 43 heavy (non-hydrogen) atoms. The molecule has 4 rings (SSSR count). The van der Waals surface area contributed by atoms with Crippen molar-refractivity contribution in [1.29, 1.82) is 0 Å². The fourth-order valence-electron chi connectivity index (χ4n) is 2.96. The number of ether oxygens (including phenoxy) is 3. The van der Waals surface area contributed by atoms with E-state index in [-0.39, 0.29) is 26.4 Å². The molecule has 0 spiro atoms. The number of carbonyl (C=O) groups is 4. The van der Waals surface area contributed by atoms with Crippen molar-refractivity contribution in [2.75, 3.05) is 14.2 Å². The smallest absolute Gasteiger partial charge is 0.337 e. The Morgan fingerprint density at radius 1 is 0.698 bits per heavy atom. The molecular weight excluding hydrogens is 691 g/mol. The van der Waals surface area contributed by atoms with E-state index < -0.39 is 11.9 Å². The number of hydrogen-bond donors (Lipinski definition) is 1. The van der Waals surface area contributed by atoms with Gasteiger partial charge >= 0.3 is 11.9 Å². The molecule has 0 amide bonds. The Hall–Kier alpha value is -4.35. The van der Waals surface area contributed by atoms with Gasteiger partial charge in [-0.15, -0.1) is 0 Å². The molecule has 228 valence electrons. The Labute approximate surface area is 266 Å². The van der Waals surface area contributed by atoms with Crippen molar-refractivity contribution in [3.63, 3.8) is 0 Å². The highest BCUT2D eigenvalue weighted by Gasteiger charge is 2.08. The molecule has 4 aromatic carbocycles. The first-order valence-corrected chi connectivity index (χ1v) is 13.1. The lowest BCUT2D eigenvalue weighted by Crippen LogP contribution is -2.00. The number of halogens is 3. The van der Waals surface area contributed by atoms with Gasteiger partial charge in [0.15, 0.2) is 12.6 Å². The van der Waals surface area contributed by atoms with Gasteiger partial charge in [0.05, 0.1) is 25.3 Å². The molecule has 11 heteroatoms. The van der Waals surface area contributed by atoms with Crippen molar-refractivity contribution < 1.29 is 42.9 Å². The van der Waals surface area contributed by atoms with Gasteiger partial charge in [-0.25, -0.2) is 14.0 Å². The highest BCUT2D eigenvalue weighted by atomic mass is 79.9. The summed E-state index contributed by atoms with van der Waals surface area (Å²) in [5, 5.41) is 8.95. The van der Waals surface area contributed by atoms with Crippen LogP contribution in [-0.4, -0.2) is 43.8 Å². The highest BCUT2D eigenvalue weighted by Crippen LogP contribution is 2.27. The summed E-state index contributed by atoms with van der Waals surface area (Å²) < 4.78 is 28.2. The third kappa shape index (κ3) is 12.6. The fraction of sp³-hybridized carbons (Fsp3) is 0.125. The lowest BCUT2D eigenvalue weighted by molar-refractivity contribution is 0.0591. The third-order valence-electron chi connectivity index (χ3n) is 4.95. The van der Waals surface area contributed by atoms with Crippen molar-refractivity contribution in [2.24, 2.45) is 0 Å². The lowest BCUT2D eigenvalue weighted by atomic mass is 10.2. The average Bonchev–Trinajstić information content (AvgIpc) is 2.97. The fourth-order valence-corrected chi connectivity index (χ4v) is 3.85. The summed E-state index contributed by atoms with van der Waals surface area (Å²) in [5.74, 6) is -0.0812. The van der Waals surface area contributed by atoms with E-state index in [4.69, 9.17) is 9.84 Å². The van der Waals surface area contributed by atoms with Gasteiger partial charge < -0.3 is 19.3 Å². The summed E-state index contributed by atoms with van der Waals surface area (Å²) >= 11 is 6.32. The minimum Gasteiger partial charge on any atom is -0.508 e. The molecule has 0 atom stereocenters. The van der Waals surface area contributed by atoms with Gasteiger partial charge in [0, 0.05) is 20.1 Å². The minimum atomic E-state index is -0.444. The number of benzene rings is 4. The van der Waals surface area contributed by atoms with E-state index in [9.17, 15) is 23.6 Å². The van der Waals surface area contributed by atoms with Crippen LogP contribution in [0.15, 0.2) is 93.9 Å². The van der Waals surface area contributed by atoms with E-state index in [1.54, 1.807) is 54.6 Å². The van der Waals surface area contributed by atoms with Crippen LogP contribution in [-0.2, 0) is 9.47 Å². The monoisotopic (exact) mass is 720 g/mol. The first-order chi connectivity index (χ1) is 19.6.